The van der Waals surface area contributed by atoms with Gasteiger partial charge in [-0.3, -0.25) is 4.79 Å². The average molecular weight is 315 g/mol. The van der Waals surface area contributed by atoms with Gasteiger partial charge in [0.1, 0.15) is 0 Å². The molecule has 18 heavy (non-hydrogen) atoms. The minimum absolute atomic E-state index is 0.102. The maximum atomic E-state index is 12.4. The molecule has 98 valence electrons. The van der Waals surface area contributed by atoms with Crippen molar-refractivity contribution in [3.05, 3.63) is 28.2 Å². The Balaban J connectivity index is 2.23. The second-order valence-corrected chi connectivity index (χ2v) is 5.10. The summed E-state index contributed by atoms with van der Waals surface area (Å²) in [6.07, 6.45) is 0. The zero-order valence-corrected chi connectivity index (χ0v) is 11.4. The van der Waals surface area contributed by atoms with Crippen LogP contribution in [0.1, 0.15) is 10.4 Å². The molecular weight excluding hydrogens is 300 g/mol. The van der Waals surface area contributed by atoms with Crippen LogP contribution >= 0.6 is 15.9 Å². The molecule has 1 aliphatic heterocycles. The molecule has 0 spiro atoms. The number of halogens is 1. The Hall–Kier alpha value is -1.11. The minimum Gasteiger partial charge on any atom is -0.399 e. The Bertz CT molecular complexity index is 433. The van der Waals surface area contributed by atoms with E-state index in [0.29, 0.717) is 31.0 Å². The van der Waals surface area contributed by atoms with Crippen molar-refractivity contribution in [2.75, 3.05) is 32.1 Å². The van der Waals surface area contributed by atoms with Gasteiger partial charge in [0.2, 0.25) is 0 Å². The van der Waals surface area contributed by atoms with E-state index in [1.54, 1.807) is 23.1 Å². The maximum Gasteiger partial charge on any atom is 0.254 e. The number of nitrogens with zero attached hydrogens (tertiary/aromatic N) is 1. The van der Waals surface area contributed by atoms with Gasteiger partial charge < -0.3 is 20.5 Å². The normalized spacial score (nSPS) is 19.9. The molecule has 1 heterocycles. The van der Waals surface area contributed by atoms with Crippen LogP contribution in [0.2, 0.25) is 0 Å². The molecule has 0 aliphatic carbocycles. The van der Waals surface area contributed by atoms with Gasteiger partial charge in [0.05, 0.1) is 25.9 Å². The number of hydrogen-bond acceptors (Lipinski definition) is 4. The first kappa shape index (κ1) is 13.3. The number of aliphatic hydroxyl groups is 1. The van der Waals surface area contributed by atoms with Crippen molar-refractivity contribution in [1.82, 2.24) is 4.90 Å². The number of aliphatic hydroxyl groups excluding tert-OH is 1. The number of hydrogen-bond donors (Lipinski definition) is 2. The van der Waals surface area contributed by atoms with E-state index < -0.39 is 0 Å². The molecule has 1 aliphatic rings. The standard InChI is InChI=1S/C12H15BrN2O3/c13-9-3-8(4-10(14)5-9)12(17)15-1-2-18-7-11(15)6-16/h3-5,11,16H,1-2,6-7,14H2. The Morgan fingerprint density at radius 3 is 3.00 bits per heavy atom. The number of morpholine rings is 1. The first-order chi connectivity index (χ1) is 8.61. The van der Waals surface area contributed by atoms with Crippen molar-refractivity contribution in [3.63, 3.8) is 0 Å². The van der Waals surface area contributed by atoms with Crippen LogP contribution in [-0.2, 0) is 4.74 Å². The fourth-order valence-electron chi connectivity index (χ4n) is 1.98. The Kier molecular flexibility index (Phi) is 4.21. The van der Waals surface area contributed by atoms with Crippen molar-refractivity contribution >= 4 is 27.5 Å². The van der Waals surface area contributed by atoms with Crippen molar-refractivity contribution in [1.29, 1.82) is 0 Å². The Labute approximate surface area is 114 Å². The van der Waals surface area contributed by atoms with Crippen molar-refractivity contribution in [2.24, 2.45) is 0 Å². The van der Waals surface area contributed by atoms with Crippen LogP contribution in [-0.4, -0.2) is 48.3 Å². The molecule has 3 N–H and O–H groups in total. The molecule has 6 heteroatoms. The summed E-state index contributed by atoms with van der Waals surface area (Å²) in [4.78, 5) is 14.0. The quantitative estimate of drug-likeness (QED) is 0.794. The van der Waals surface area contributed by atoms with E-state index in [4.69, 9.17) is 10.5 Å². The minimum atomic E-state index is -0.286. The van der Waals surface area contributed by atoms with Crippen molar-refractivity contribution in [3.8, 4) is 0 Å². The number of anilines is 1. The topological polar surface area (TPSA) is 75.8 Å². The lowest BCUT2D eigenvalue weighted by Crippen LogP contribution is -2.50. The van der Waals surface area contributed by atoms with E-state index in [0.717, 1.165) is 4.47 Å². The zero-order valence-electron chi connectivity index (χ0n) is 9.80. The van der Waals surface area contributed by atoms with E-state index in [9.17, 15) is 9.90 Å². The first-order valence-electron chi connectivity index (χ1n) is 5.67. The van der Waals surface area contributed by atoms with Gasteiger partial charge >= 0.3 is 0 Å². The van der Waals surface area contributed by atoms with E-state index >= 15 is 0 Å². The number of nitrogen functional groups attached to an aromatic ring is 1. The number of nitrogens with two attached hydrogens (primary N) is 1. The predicted octanol–water partition coefficient (Wildman–Crippen LogP) is 0.865. The summed E-state index contributed by atoms with van der Waals surface area (Å²) in [5, 5.41) is 9.26. The summed E-state index contributed by atoms with van der Waals surface area (Å²) in [6, 6.07) is 4.81. The van der Waals surface area contributed by atoms with Crippen LogP contribution in [0.15, 0.2) is 22.7 Å². The molecule has 1 fully saturated rings. The highest BCUT2D eigenvalue weighted by molar-refractivity contribution is 9.10. The summed E-state index contributed by atoms with van der Waals surface area (Å²) in [5.41, 5.74) is 6.76. The third kappa shape index (κ3) is 2.82. The lowest BCUT2D eigenvalue weighted by molar-refractivity contribution is -0.0183. The fraction of sp³-hybridized carbons (Fsp3) is 0.417. The van der Waals surface area contributed by atoms with Crippen LogP contribution in [0.25, 0.3) is 0 Å². The highest BCUT2D eigenvalue weighted by Crippen LogP contribution is 2.20. The summed E-state index contributed by atoms with van der Waals surface area (Å²) < 4.78 is 6.01. The molecule has 1 unspecified atom stereocenters. The molecule has 1 amide bonds. The highest BCUT2D eigenvalue weighted by atomic mass is 79.9. The number of rotatable bonds is 2. The maximum absolute atomic E-state index is 12.4. The Morgan fingerprint density at radius 2 is 2.33 bits per heavy atom. The highest BCUT2D eigenvalue weighted by Gasteiger charge is 2.27. The number of benzene rings is 1. The SMILES string of the molecule is Nc1cc(Br)cc(C(=O)N2CCOCC2CO)c1. The summed E-state index contributed by atoms with van der Waals surface area (Å²) >= 11 is 3.31. The van der Waals surface area contributed by atoms with Gasteiger partial charge in [-0.25, -0.2) is 0 Å². The smallest absolute Gasteiger partial charge is 0.254 e. The molecule has 1 aromatic carbocycles. The molecule has 0 saturated carbocycles. The number of carbonyl (C=O) groups excluding carboxylic acids is 1. The number of carbonyl (C=O) groups is 1. The average Bonchev–Trinajstić information content (AvgIpc) is 2.36. The monoisotopic (exact) mass is 314 g/mol. The predicted molar refractivity (Wildman–Crippen MR) is 71.3 cm³/mol. The third-order valence-electron chi connectivity index (χ3n) is 2.87. The van der Waals surface area contributed by atoms with Crippen LogP contribution in [0.3, 0.4) is 0 Å². The Morgan fingerprint density at radius 1 is 1.56 bits per heavy atom. The second kappa shape index (κ2) is 5.69. The summed E-state index contributed by atoms with van der Waals surface area (Å²) in [5.74, 6) is -0.134. The molecule has 0 aromatic heterocycles. The molecule has 1 aromatic rings. The van der Waals surface area contributed by atoms with E-state index in [1.165, 1.54) is 0 Å². The molecule has 0 bridgehead atoms. The van der Waals surface area contributed by atoms with Gasteiger partial charge in [-0.05, 0) is 18.2 Å². The zero-order chi connectivity index (χ0) is 13.1. The number of amides is 1. The molecule has 2 rings (SSSR count). The van der Waals surface area contributed by atoms with Crippen LogP contribution in [0.5, 0.6) is 0 Å². The lowest BCUT2D eigenvalue weighted by atomic mass is 10.1. The first-order valence-corrected chi connectivity index (χ1v) is 6.46. The molecular formula is C12H15BrN2O3. The van der Waals surface area contributed by atoms with Crippen molar-refractivity contribution in [2.45, 2.75) is 6.04 Å². The molecule has 1 atom stereocenters. The van der Waals surface area contributed by atoms with Gasteiger partial charge in [0.15, 0.2) is 0 Å². The van der Waals surface area contributed by atoms with Crippen molar-refractivity contribution < 1.29 is 14.6 Å². The third-order valence-corrected chi connectivity index (χ3v) is 3.32. The number of ether oxygens (including phenoxy) is 1. The molecule has 0 radical (unpaired) electrons. The van der Waals surface area contributed by atoms with Gasteiger partial charge in [0.25, 0.3) is 5.91 Å². The van der Waals surface area contributed by atoms with Crippen LogP contribution in [0.4, 0.5) is 5.69 Å². The molecule has 5 nitrogen and oxygen atoms in total. The fourth-order valence-corrected chi connectivity index (χ4v) is 2.49. The van der Waals surface area contributed by atoms with Gasteiger partial charge in [0, 0.05) is 22.3 Å². The summed E-state index contributed by atoms with van der Waals surface area (Å²) in [7, 11) is 0. The van der Waals surface area contributed by atoms with Gasteiger partial charge in [-0.15, -0.1) is 0 Å². The largest absolute Gasteiger partial charge is 0.399 e. The van der Waals surface area contributed by atoms with Crippen LogP contribution in [0, 0.1) is 0 Å². The molecule has 1 saturated heterocycles. The lowest BCUT2D eigenvalue weighted by Gasteiger charge is -2.34. The second-order valence-electron chi connectivity index (χ2n) is 4.18. The van der Waals surface area contributed by atoms with E-state index in [-0.39, 0.29) is 18.6 Å². The van der Waals surface area contributed by atoms with E-state index in [2.05, 4.69) is 15.9 Å². The summed E-state index contributed by atoms with van der Waals surface area (Å²) in [6.45, 7) is 1.24. The van der Waals surface area contributed by atoms with E-state index in [1.807, 2.05) is 0 Å². The van der Waals surface area contributed by atoms with Gasteiger partial charge in [-0.2, -0.15) is 0 Å². The van der Waals surface area contributed by atoms with Crippen LogP contribution < -0.4 is 5.73 Å². The van der Waals surface area contributed by atoms with Gasteiger partial charge in [-0.1, -0.05) is 15.9 Å².